The molecule has 2 aliphatic rings. The summed E-state index contributed by atoms with van der Waals surface area (Å²) in [5.41, 5.74) is 2.90. The van der Waals surface area contributed by atoms with Crippen LogP contribution in [0.25, 0.3) is 17.0 Å². The minimum absolute atomic E-state index is 0.0419. The molecule has 0 fully saturated rings. The van der Waals surface area contributed by atoms with E-state index in [-0.39, 0.29) is 16.9 Å². The molecule has 2 aromatic heterocycles. The van der Waals surface area contributed by atoms with Crippen LogP contribution in [0, 0.1) is 5.41 Å². The molecule has 0 unspecified atom stereocenters. The number of ether oxygens (including phenoxy) is 2. The second-order valence-corrected chi connectivity index (χ2v) is 9.74. The van der Waals surface area contributed by atoms with Gasteiger partial charge in [0.1, 0.15) is 23.6 Å². The van der Waals surface area contributed by atoms with Crippen LogP contribution < -0.4 is 9.47 Å². The van der Waals surface area contributed by atoms with Crippen LogP contribution in [0.4, 0.5) is 0 Å². The second kappa shape index (κ2) is 7.66. The molecule has 35 heavy (non-hydrogen) atoms. The summed E-state index contributed by atoms with van der Waals surface area (Å²) in [6, 6.07) is 14.6. The summed E-state index contributed by atoms with van der Waals surface area (Å²) in [6.45, 7) is 4.14. The van der Waals surface area contributed by atoms with Crippen LogP contribution in [-0.2, 0) is 4.79 Å². The monoisotopic (exact) mass is 468 g/mol. The molecule has 0 spiro atoms. The Bertz CT molecular complexity index is 1540. The Kier molecular flexibility index (Phi) is 4.67. The Morgan fingerprint density at radius 1 is 1.11 bits per heavy atom. The summed E-state index contributed by atoms with van der Waals surface area (Å²) >= 11 is 0. The number of hydrogen-bond acceptors (Lipinski definition) is 7. The van der Waals surface area contributed by atoms with Crippen molar-refractivity contribution >= 4 is 11.4 Å². The molecule has 0 bridgehead atoms. The number of para-hydroxylation sites is 2. The van der Waals surface area contributed by atoms with E-state index in [1.165, 1.54) is 0 Å². The number of rotatable bonds is 3. The lowest BCUT2D eigenvalue weighted by Crippen LogP contribution is -2.33. The molecule has 2 aromatic carbocycles. The zero-order valence-electron chi connectivity index (χ0n) is 19.6. The molecule has 6 rings (SSSR count). The van der Waals surface area contributed by atoms with Crippen molar-refractivity contribution in [3.8, 4) is 28.8 Å². The third-order valence-electron chi connectivity index (χ3n) is 6.66. The smallest absolute Gasteiger partial charge is 0.228 e. The van der Waals surface area contributed by atoms with Crippen molar-refractivity contribution in [3.63, 3.8) is 0 Å². The van der Waals surface area contributed by atoms with Crippen LogP contribution in [0.1, 0.15) is 43.7 Å². The first-order chi connectivity index (χ1) is 16.9. The van der Waals surface area contributed by atoms with Crippen LogP contribution in [0.5, 0.6) is 17.4 Å². The highest BCUT2D eigenvalue weighted by Crippen LogP contribution is 2.51. The fourth-order valence-electron chi connectivity index (χ4n) is 5.14. The number of allylic oxidation sites excluding steroid dienone is 2. The van der Waals surface area contributed by atoms with E-state index in [0.29, 0.717) is 58.4 Å². The van der Waals surface area contributed by atoms with Crippen LogP contribution >= 0.6 is 0 Å². The predicted octanol–water partition coefficient (Wildman–Crippen LogP) is 4.67. The van der Waals surface area contributed by atoms with E-state index in [2.05, 4.69) is 23.9 Å². The van der Waals surface area contributed by atoms with Crippen molar-refractivity contribution in [1.82, 2.24) is 19.6 Å². The largest absolute Gasteiger partial charge is 0.507 e. The molecule has 176 valence electrons. The lowest BCUT2D eigenvalue weighted by molar-refractivity contribution is -0.118. The molecule has 0 saturated carbocycles. The van der Waals surface area contributed by atoms with Crippen molar-refractivity contribution in [3.05, 3.63) is 77.3 Å². The lowest BCUT2D eigenvalue weighted by Gasteiger charge is -2.37. The Labute approximate surface area is 201 Å². The maximum Gasteiger partial charge on any atom is 0.228 e. The van der Waals surface area contributed by atoms with Gasteiger partial charge in [0.25, 0.3) is 0 Å². The molecule has 3 heterocycles. The highest BCUT2D eigenvalue weighted by Gasteiger charge is 2.44. The zero-order valence-corrected chi connectivity index (χ0v) is 19.6. The molecule has 4 aromatic rings. The van der Waals surface area contributed by atoms with E-state index in [4.69, 9.17) is 14.5 Å². The molecule has 0 amide bonds. The summed E-state index contributed by atoms with van der Waals surface area (Å²) in [5.74, 6) is 1.70. The van der Waals surface area contributed by atoms with Crippen molar-refractivity contribution in [2.24, 2.45) is 5.41 Å². The van der Waals surface area contributed by atoms with Gasteiger partial charge < -0.3 is 14.6 Å². The van der Waals surface area contributed by atoms with Crippen molar-refractivity contribution < 1.29 is 19.4 Å². The Morgan fingerprint density at radius 3 is 2.69 bits per heavy atom. The van der Waals surface area contributed by atoms with Gasteiger partial charge in [-0.15, -0.1) is 5.10 Å². The number of methoxy groups -OCH3 is 1. The number of nitrogens with zero attached hydrogens (tertiary/aromatic N) is 4. The molecule has 0 radical (unpaired) electrons. The Hall–Kier alpha value is -4.20. The van der Waals surface area contributed by atoms with E-state index >= 15 is 0 Å². The molecule has 1 atom stereocenters. The second-order valence-electron chi connectivity index (χ2n) is 9.74. The average molecular weight is 469 g/mol. The number of ketones is 1. The first-order valence-corrected chi connectivity index (χ1v) is 11.5. The number of benzene rings is 2. The standard InChI is InChI=1S/C27H24N4O4/c1-27(2)12-18(33)22-20(13-27)35-26-23(21(22)16-9-5-7-11-19(16)34-3)25-29-24(30-31(25)14-28-26)15-8-4-6-10-17(15)32/h4-11,14,21,32H,12-13H2,1-3H3/t21-/m0/s1. The fraction of sp³-hybridized carbons (Fsp3) is 0.259. The normalized spacial score (nSPS) is 18.7. The summed E-state index contributed by atoms with van der Waals surface area (Å²) in [5, 5.41) is 14.9. The van der Waals surface area contributed by atoms with E-state index < -0.39 is 5.92 Å². The van der Waals surface area contributed by atoms with Crippen LogP contribution in [0.2, 0.25) is 0 Å². The van der Waals surface area contributed by atoms with Gasteiger partial charge in [-0.3, -0.25) is 4.79 Å². The zero-order chi connectivity index (χ0) is 24.3. The minimum atomic E-state index is -0.480. The van der Waals surface area contributed by atoms with Crippen LogP contribution in [0.15, 0.2) is 66.2 Å². The first-order valence-electron chi connectivity index (χ1n) is 11.5. The first kappa shape index (κ1) is 21.3. The minimum Gasteiger partial charge on any atom is -0.507 e. The van der Waals surface area contributed by atoms with Crippen molar-refractivity contribution in [1.29, 1.82) is 0 Å². The maximum atomic E-state index is 13.6. The summed E-state index contributed by atoms with van der Waals surface area (Å²) < 4.78 is 13.6. The number of Topliss-reactive ketones (excluding diaryl/α,β-unsaturated/α-hetero) is 1. The van der Waals surface area contributed by atoms with Gasteiger partial charge >= 0.3 is 0 Å². The lowest BCUT2D eigenvalue weighted by atomic mass is 9.70. The summed E-state index contributed by atoms with van der Waals surface area (Å²) in [4.78, 5) is 22.9. The fourth-order valence-corrected chi connectivity index (χ4v) is 5.14. The molecule has 8 heteroatoms. The number of aromatic hydroxyl groups is 1. The Balaban J connectivity index is 1.64. The predicted molar refractivity (Wildman–Crippen MR) is 128 cm³/mol. The third kappa shape index (κ3) is 3.36. The third-order valence-corrected chi connectivity index (χ3v) is 6.66. The van der Waals surface area contributed by atoms with Crippen LogP contribution in [0.3, 0.4) is 0 Å². The summed E-state index contributed by atoms with van der Waals surface area (Å²) in [6.07, 6.45) is 2.59. The van der Waals surface area contributed by atoms with Gasteiger partial charge in [-0.2, -0.15) is 0 Å². The van der Waals surface area contributed by atoms with Gasteiger partial charge in [0.2, 0.25) is 5.88 Å². The van der Waals surface area contributed by atoms with E-state index in [1.807, 2.05) is 30.3 Å². The van der Waals surface area contributed by atoms with Crippen molar-refractivity contribution in [2.45, 2.75) is 32.6 Å². The van der Waals surface area contributed by atoms with E-state index in [1.54, 1.807) is 36.2 Å². The highest BCUT2D eigenvalue weighted by molar-refractivity contribution is 6.00. The number of phenols is 1. The van der Waals surface area contributed by atoms with Gasteiger partial charge in [-0.05, 0) is 23.6 Å². The molecule has 1 aliphatic carbocycles. The summed E-state index contributed by atoms with van der Waals surface area (Å²) in [7, 11) is 1.62. The highest BCUT2D eigenvalue weighted by atomic mass is 16.5. The van der Waals surface area contributed by atoms with Gasteiger partial charge in [-0.1, -0.05) is 44.2 Å². The van der Waals surface area contributed by atoms with Gasteiger partial charge in [0.05, 0.1) is 24.2 Å². The quantitative estimate of drug-likeness (QED) is 0.466. The molecule has 1 aliphatic heterocycles. The Morgan fingerprint density at radius 2 is 1.89 bits per heavy atom. The van der Waals surface area contributed by atoms with Gasteiger partial charge in [0.15, 0.2) is 17.3 Å². The SMILES string of the molecule is COc1ccccc1[C@H]1C2=C(CC(C)(C)CC2=O)Oc2ncn3nc(-c4ccccc4O)nc3c21. The molecular weight excluding hydrogens is 444 g/mol. The number of carbonyl (C=O) groups excluding carboxylic acids is 1. The number of carbonyl (C=O) groups is 1. The molecule has 8 nitrogen and oxygen atoms in total. The molecule has 1 N–H and O–H groups in total. The number of hydrogen-bond donors (Lipinski definition) is 1. The van der Waals surface area contributed by atoms with E-state index in [9.17, 15) is 9.90 Å². The van der Waals surface area contributed by atoms with Gasteiger partial charge in [-0.25, -0.2) is 14.5 Å². The number of aromatic nitrogens is 4. The maximum absolute atomic E-state index is 13.6. The number of fused-ring (bicyclic) bond motifs is 3. The van der Waals surface area contributed by atoms with Gasteiger partial charge in [0, 0.05) is 24.0 Å². The number of phenolic OH excluding ortho intramolecular Hbond substituents is 1. The van der Waals surface area contributed by atoms with E-state index in [0.717, 1.165) is 5.56 Å². The molecule has 0 saturated heterocycles. The van der Waals surface area contributed by atoms with Crippen molar-refractivity contribution in [2.75, 3.05) is 7.11 Å². The van der Waals surface area contributed by atoms with Crippen LogP contribution in [-0.4, -0.2) is 37.6 Å². The molecular formula is C27H24N4O4. The average Bonchev–Trinajstić information content (AvgIpc) is 3.26. The topological polar surface area (TPSA) is 98.8 Å².